The van der Waals surface area contributed by atoms with E-state index in [-0.39, 0.29) is 30.2 Å². The summed E-state index contributed by atoms with van der Waals surface area (Å²) in [5.74, 6) is -0.605. The molecule has 1 fully saturated rings. The van der Waals surface area contributed by atoms with Gasteiger partial charge in [-0.1, -0.05) is 25.0 Å². The van der Waals surface area contributed by atoms with E-state index in [1.54, 1.807) is 28.4 Å². The number of fused-ring (bicyclic) bond motifs is 3. The standard InChI is InChI=1S/C23H24FN3O2S/c1-23(22(29)25-18-4-2-3-5-18)14-26-19(12-16-10-11-30-21(16)26)20(28)27(23)13-15-6-8-17(24)9-7-15/h6-12,18H,2-5,13-14H2,1H3,(H,25,29). The van der Waals surface area contributed by atoms with Crippen LogP contribution >= 0.6 is 11.3 Å². The summed E-state index contributed by atoms with van der Waals surface area (Å²) in [7, 11) is 0. The fraction of sp³-hybridized carbons (Fsp3) is 0.391. The fourth-order valence-corrected chi connectivity index (χ4v) is 5.59. The van der Waals surface area contributed by atoms with E-state index in [9.17, 15) is 14.0 Å². The smallest absolute Gasteiger partial charge is 0.271 e. The predicted octanol–water partition coefficient (Wildman–Crippen LogP) is 4.32. The first-order chi connectivity index (χ1) is 14.5. The van der Waals surface area contributed by atoms with Gasteiger partial charge in [0.25, 0.3) is 5.91 Å². The molecule has 3 aromatic rings. The van der Waals surface area contributed by atoms with Gasteiger partial charge in [-0.25, -0.2) is 4.39 Å². The number of carbonyl (C=O) groups excluding carboxylic acids is 2. The minimum absolute atomic E-state index is 0.117. The van der Waals surface area contributed by atoms with Crippen LogP contribution in [0.3, 0.4) is 0 Å². The number of amides is 2. The van der Waals surface area contributed by atoms with Crippen LogP contribution in [0.2, 0.25) is 0 Å². The van der Waals surface area contributed by atoms with E-state index in [1.165, 1.54) is 12.1 Å². The van der Waals surface area contributed by atoms with E-state index < -0.39 is 5.54 Å². The van der Waals surface area contributed by atoms with Crippen molar-refractivity contribution in [2.24, 2.45) is 0 Å². The van der Waals surface area contributed by atoms with Gasteiger partial charge in [0.1, 0.15) is 21.9 Å². The predicted molar refractivity (Wildman–Crippen MR) is 115 cm³/mol. The van der Waals surface area contributed by atoms with Crippen LogP contribution in [-0.2, 0) is 17.9 Å². The maximum absolute atomic E-state index is 13.6. The van der Waals surface area contributed by atoms with Gasteiger partial charge < -0.3 is 14.8 Å². The molecule has 1 aromatic carbocycles. The summed E-state index contributed by atoms with van der Waals surface area (Å²) >= 11 is 1.58. The second-order valence-electron chi connectivity index (χ2n) is 8.54. The van der Waals surface area contributed by atoms with Crippen LogP contribution in [0.25, 0.3) is 10.2 Å². The molecule has 30 heavy (non-hydrogen) atoms. The molecule has 2 aliphatic rings. The number of hydrogen-bond donors (Lipinski definition) is 1. The lowest BCUT2D eigenvalue weighted by atomic mass is 9.93. The Labute approximate surface area is 178 Å². The average Bonchev–Trinajstić information content (AvgIpc) is 3.45. The first-order valence-corrected chi connectivity index (χ1v) is 11.3. The number of thiophene rings is 1. The SMILES string of the molecule is CC1(C(=O)NC2CCCC2)Cn2c(cc3ccsc32)C(=O)N1Cc1ccc(F)cc1. The molecule has 0 saturated heterocycles. The highest BCUT2D eigenvalue weighted by Gasteiger charge is 2.48. The Morgan fingerprint density at radius 3 is 2.70 bits per heavy atom. The molecule has 1 aliphatic carbocycles. The maximum Gasteiger partial charge on any atom is 0.271 e. The Bertz CT molecular complexity index is 1110. The van der Waals surface area contributed by atoms with E-state index in [4.69, 9.17) is 0 Å². The quantitative estimate of drug-likeness (QED) is 0.677. The van der Waals surface area contributed by atoms with Crippen molar-refractivity contribution in [3.05, 3.63) is 58.9 Å². The molecular formula is C23H24FN3O2S. The first kappa shape index (κ1) is 19.3. The number of hydrogen-bond acceptors (Lipinski definition) is 3. The van der Waals surface area contributed by atoms with Crippen molar-refractivity contribution in [3.8, 4) is 0 Å². The number of halogens is 1. The van der Waals surface area contributed by atoms with E-state index >= 15 is 0 Å². The van der Waals surface area contributed by atoms with Crippen LogP contribution in [-0.4, -0.2) is 32.9 Å². The van der Waals surface area contributed by atoms with Gasteiger partial charge in [0, 0.05) is 18.0 Å². The lowest BCUT2D eigenvalue weighted by molar-refractivity contribution is -0.133. The van der Waals surface area contributed by atoms with Gasteiger partial charge in [0.05, 0.1) is 6.54 Å². The zero-order valence-electron chi connectivity index (χ0n) is 16.9. The summed E-state index contributed by atoms with van der Waals surface area (Å²) in [6.45, 7) is 2.51. The van der Waals surface area contributed by atoms with Gasteiger partial charge in [-0.05, 0) is 55.0 Å². The van der Waals surface area contributed by atoms with Crippen LogP contribution in [0.5, 0.6) is 0 Å². The molecule has 0 bridgehead atoms. The molecule has 7 heteroatoms. The summed E-state index contributed by atoms with van der Waals surface area (Å²) in [5.41, 5.74) is 0.369. The Balaban J connectivity index is 1.54. The van der Waals surface area contributed by atoms with Crippen molar-refractivity contribution in [2.75, 3.05) is 0 Å². The third-order valence-corrected chi connectivity index (χ3v) is 7.41. The number of nitrogens with zero attached hydrogens (tertiary/aromatic N) is 2. The highest BCUT2D eigenvalue weighted by atomic mass is 32.1. The minimum Gasteiger partial charge on any atom is -0.351 e. The normalized spacial score (nSPS) is 21.9. The molecule has 156 valence electrons. The van der Waals surface area contributed by atoms with Crippen LogP contribution in [0.1, 0.15) is 48.7 Å². The largest absolute Gasteiger partial charge is 0.351 e. The minimum atomic E-state index is -1.03. The van der Waals surface area contributed by atoms with E-state index in [2.05, 4.69) is 5.32 Å². The molecule has 1 N–H and O–H groups in total. The Morgan fingerprint density at radius 1 is 1.23 bits per heavy atom. The van der Waals surface area contributed by atoms with Crippen molar-refractivity contribution in [1.29, 1.82) is 0 Å². The highest BCUT2D eigenvalue weighted by Crippen LogP contribution is 2.35. The number of rotatable bonds is 4. The summed E-state index contributed by atoms with van der Waals surface area (Å²) in [5, 5.41) is 6.22. The summed E-state index contributed by atoms with van der Waals surface area (Å²) in [4.78, 5) is 29.7. The van der Waals surface area contributed by atoms with Gasteiger partial charge in [-0.15, -0.1) is 11.3 Å². The number of carbonyl (C=O) groups is 2. The molecule has 0 spiro atoms. The summed E-state index contributed by atoms with van der Waals surface area (Å²) in [6, 6.07) is 10.2. The fourth-order valence-electron chi connectivity index (χ4n) is 4.69. The second-order valence-corrected chi connectivity index (χ2v) is 9.44. The Hall–Kier alpha value is -2.67. The van der Waals surface area contributed by atoms with E-state index in [0.717, 1.165) is 41.5 Å². The van der Waals surface area contributed by atoms with Crippen molar-refractivity contribution >= 4 is 33.4 Å². The van der Waals surface area contributed by atoms with E-state index in [1.807, 2.05) is 29.0 Å². The molecule has 2 aromatic heterocycles. The van der Waals surface area contributed by atoms with Crippen LogP contribution in [0.4, 0.5) is 4.39 Å². The molecule has 1 unspecified atom stereocenters. The van der Waals surface area contributed by atoms with Crippen LogP contribution in [0, 0.1) is 5.82 Å². The first-order valence-electron chi connectivity index (χ1n) is 10.4. The van der Waals surface area contributed by atoms with Crippen molar-refractivity contribution in [3.63, 3.8) is 0 Å². The third-order valence-electron chi connectivity index (χ3n) is 6.46. The van der Waals surface area contributed by atoms with Crippen molar-refractivity contribution in [2.45, 2.75) is 57.3 Å². The Kier molecular flexibility index (Phi) is 4.65. The topological polar surface area (TPSA) is 54.3 Å². The second kappa shape index (κ2) is 7.23. The third kappa shape index (κ3) is 3.12. The number of nitrogens with one attached hydrogen (secondary N) is 1. The average molecular weight is 426 g/mol. The zero-order valence-corrected chi connectivity index (χ0v) is 17.7. The van der Waals surface area contributed by atoms with Gasteiger partial charge in [0.2, 0.25) is 5.91 Å². The molecule has 1 saturated carbocycles. The van der Waals surface area contributed by atoms with Gasteiger partial charge in [-0.2, -0.15) is 0 Å². The zero-order chi connectivity index (χ0) is 20.9. The number of aromatic nitrogens is 1. The monoisotopic (exact) mass is 425 g/mol. The van der Waals surface area contributed by atoms with Gasteiger partial charge in [-0.3, -0.25) is 9.59 Å². The number of benzene rings is 1. The van der Waals surface area contributed by atoms with Gasteiger partial charge in [0.15, 0.2) is 0 Å². The molecule has 1 aliphatic heterocycles. The lowest BCUT2D eigenvalue weighted by Crippen LogP contribution is -2.64. The van der Waals surface area contributed by atoms with Crippen molar-refractivity contribution < 1.29 is 14.0 Å². The molecule has 0 radical (unpaired) electrons. The molecule has 2 amide bonds. The van der Waals surface area contributed by atoms with Gasteiger partial charge >= 0.3 is 0 Å². The molecular weight excluding hydrogens is 401 g/mol. The van der Waals surface area contributed by atoms with E-state index in [0.29, 0.717) is 12.2 Å². The molecule has 1 atom stereocenters. The molecule has 5 nitrogen and oxygen atoms in total. The maximum atomic E-state index is 13.6. The summed E-state index contributed by atoms with van der Waals surface area (Å²) in [6.07, 6.45) is 4.21. The van der Waals surface area contributed by atoms with Crippen LogP contribution in [0.15, 0.2) is 41.8 Å². The molecule has 3 heterocycles. The van der Waals surface area contributed by atoms with Crippen molar-refractivity contribution in [1.82, 2.24) is 14.8 Å². The van der Waals surface area contributed by atoms with Crippen LogP contribution < -0.4 is 5.32 Å². The molecule has 5 rings (SSSR count). The highest BCUT2D eigenvalue weighted by molar-refractivity contribution is 7.16. The lowest BCUT2D eigenvalue weighted by Gasteiger charge is -2.44. The summed E-state index contributed by atoms with van der Waals surface area (Å²) < 4.78 is 15.4. The Morgan fingerprint density at radius 2 is 1.97 bits per heavy atom.